The van der Waals surface area contributed by atoms with Crippen LogP contribution in [0.1, 0.15) is 34.0 Å². The second-order valence-electron chi connectivity index (χ2n) is 7.66. The zero-order valence-electron chi connectivity index (χ0n) is 19.2. The summed E-state index contributed by atoms with van der Waals surface area (Å²) >= 11 is 3.42. The van der Waals surface area contributed by atoms with E-state index in [1.165, 1.54) is 30.3 Å². The maximum absolute atomic E-state index is 12.7. The number of non-ortho nitro benzene ring substituents is 1. The zero-order valence-corrected chi connectivity index (χ0v) is 20.8. The number of carbonyl (C=O) groups is 2. The molecule has 1 heterocycles. The molecule has 1 aliphatic rings. The molecule has 0 fully saturated rings. The Kier molecular flexibility index (Phi) is 7.25. The van der Waals surface area contributed by atoms with Crippen LogP contribution in [0.5, 0.6) is 11.5 Å². The summed E-state index contributed by atoms with van der Waals surface area (Å²) < 4.78 is 17.0. The van der Waals surface area contributed by atoms with Gasteiger partial charge in [-0.1, -0.05) is 17.7 Å². The summed E-state index contributed by atoms with van der Waals surface area (Å²) in [4.78, 5) is 39.6. The Bertz CT molecular complexity index is 1430. The highest BCUT2D eigenvalue weighted by Gasteiger charge is 2.25. The minimum atomic E-state index is -0.674. The van der Waals surface area contributed by atoms with Crippen LogP contribution in [-0.4, -0.2) is 29.4 Å². The second-order valence-corrected chi connectivity index (χ2v) is 8.52. The van der Waals surface area contributed by atoms with Crippen molar-refractivity contribution < 1.29 is 28.7 Å². The summed E-state index contributed by atoms with van der Waals surface area (Å²) in [5.41, 5.74) is 2.23. The van der Waals surface area contributed by atoms with E-state index in [1.807, 2.05) is 13.0 Å². The SMILES string of the molecule is CCOc1cc(/C=C2\N=C(c3ccc([N+](=O)[O-])cc3)OC2=O)cc(Br)c1OC(=O)c1cccc(C)c1. The highest BCUT2D eigenvalue weighted by atomic mass is 79.9. The van der Waals surface area contributed by atoms with E-state index in [2.05, 4.69) is 20.9 Å². The lowest BCUT2D eigenvalue weighted by Gasteiger charge is -2.14. The monoisotopic (exact) mass is 550 g/mol. The lowest BCUT2D eigenvalue weighted by atomic mass is 10.1. The third-order valence-corrected chi connectivity index (χ3v) is 5.62. The molecule has 0 bridgehead atoms. The van der Waals surface area contributed by atoms with Gasteiger partial charge < -0.3 is 14.2 Å². The minimum absolute atomic E-state index is 0.0298. The van der Waals surface area contributed by atoms with E-state index in [9.17, 15) is 19.7 Å². The molecule has 0 saturated carbocycles. The van der Waals surface area contributed by atoms with Gasteiger partial charge in [-0.3, -0.25) is 10.1 Å². The van der Waals surface area contributed by atoms with Crippen molar-refractivity contribution in [1.82, 2.24) is 0 Å². The number of nitro groups is 1. The lowest BCUT2D eigenvalue weighted by Crippen LogP contribution is -2.10. The van der Waals surface area contributed by atoms with Gasteiger partial charge in [-0.2, -0.15) is 0 Å². The average Bonchev–Trinajstić information content (AvgIpc) is 3.21. The number of ether oxygens (including phenoxy) is 3. The molecule has 36 heavy (non-hydrogen) atoms. The van der Waals surface area contributed by atoms with Crippen LogP contribution >= 0.6 is 15.9 Å². The molecular formula is C26H19BrN2O7. The first-order valence-electron chi connectivity index (χ1n) is 10.8. The van der Waals surface area contributed by atoms with Gasteiger partial charge in [-0.25, -0.2) is 14.6 Å². The van der Waals surface area contributed by atoms with Gasteiger partial charge in [0, 0.05) is 17.7 Å². The number of rotatable bonds is 7. The maximum Gasteiger partial charge on any atom is 0.363 e. The number of cyclic esters (lactones) is 1. The number of nitro benzene ring substituents is 1. The molecule has 3 aromatic rings. The van der Waals surface area contributed by atoms with Crippen molar-refractivity contribution in [3.05, 3.63) is 103 Å². The van der Waals surface area contributed by atoms with Gasteiger partial charge in [-0.15, -0.1) is 0 Å². The summed E-state index contributed by atoms with van der Waals surface area (Å²) in [6.07, 6.45) is 1.50. The van der Waals surface area contributed by atoms with Gasteiger partial charge in [0.1, 0.15) is 0 Å². The number of aryl methyl sites for hydroxylation is 1. The van der Waals surface area contributed by atoms with Crippen molar-refractivity contribution in [1.29, 1.82) is 0 Å². The molecule has 0 saturated heterocycles. The molecule has 0 amide bonds. The molecule has 0 aliphatic carbocycles. The molecule has 0 N–H and O–H groups in total. The van der Waals surface area contributed by atoms with Gasteiger partial charge >= 0.3 is 11.9 Å². The van der Waals surface area contributed by atoms with E-state index < -0.39 is 16.9 Å². The zero-order chi connectivity index (χ0) is 25.8. The van der Waals surface area contributed by atoms with Gasteiger partial charge in [0.2, 0.25) is 5.90 Å². The predicted molar refractivity (Wildman–Crippen MR) is 135 cm³/mol. The quantitative estimate of drug-likeness (QED) is 0.123. The number of nitrogens with zero attached hydrogens (tertiary/aromatic N) is 2. The average molecular weight is 551 g/mol. The summed E-state index contributed by atoms with van der Waals surface area (Å²) in [6.45, 7) is 3.98. The number of hydrogen-bond donors (Lipinski definition) is 0. The fraction of sp³-hybridized carbons (Fsp3) is 0.115. The third kappa shape index (κ3) is 5.49. The van der Waals surface area contributed by atoms with Gasteiger partial charge in [-0.05, 0) is 77.8 Å². The molecule has 182 valence electrons. The summed E-state index contributed by atoms with van der Waals surface area (Å²) in [6, 6.07) is 15.8. The lowest BCUT2D eigenvalue weighted by molar-refractivity contribution is -0.384. The van der Waals surface area contributed by atoms with Gasteiger partial charge in [0.05, 0.1) is 21.6 Å². The van der Waals surface area contributed by atoms with E-state index in [1.54, 1.807) is 37.3 Å². The molecular weight excluding hydrogens is 532 g/mol. The smallest absolute Gasteiger partial charge is 0.363 e. The van der Waals surface area contributed by atoms with E-state index in [-0.39, 0.29) is 23.0 Å². The Morgan fingerprint density at radius 2 is 1.92 bits per heavy atom. The molecule has 4 rings (SSSR count). The van der Waals surface area contributed by atoms with Crippen LogP contribution in [-0.2, 0) is 9.53 Å². The molecule has 9 nitrogen and oxygen atoms in total. The molecule has 1 aliphatic heterocycles. The first-order valence-corrected chi connectivity index (χ1v) is 11.6. The van der Waals surface area contributed by atoms with Crippen molar-refractivity contribution in [3.8, 4) is 11.5 Å². The predicted octanol–water partition coefficient (Wildman–Crippen LogP) is 5.63. The molecule has 0 spiro atoms. The normalized spacial score (nSPS) is 13.8. The molecule has 10 heteroatoms. The standard InChI is InChI=1S/C26H19BrN2O7/c1-3-34-22-14-16(12-20(27)23(22)35-25(30)18-6-4-5-15(2)11-18)13-21-26(31)36-24(28-21)17-7-9-19(10-8-17)29(32)33/h4-14H,3H2,1-2H3/b21-13-. The fourth-order valence-electron chi connectivity index (χ4n) is 3.37. The molecule has 3 aromatic carbocycles. The molecule has 0 unspecified atom stereocenters. The van der Waals surface area contributed by atoms with Gasteiger partial charge in [0.25, 0.3) is 5.69 Å². The summed E-state index contributed by atoms with van der Waals surface area (Å²) in [7, 11) is 0. The van der Waals surface area contributed by atoms with Crippen LogP contribution in [0, 0.1) is 17.0 Å². The largest absolute Gasteiger partial charge is 0.490 e. The van der Waals surface area contributed by atoms with Crippen LogP contribution in [0.4, 0.5) is 5.69 Å². The van der Waals surface area contributed by atoms with Crippen molar-refractivity contribution >= 4 is 45.5 Å². The number of aliphatic imine (C=N–C) groups is 1. The van der Waals surface area contributed by atoms with E-state index >= 15 is 0 Å². The summed E-state index contributed by atoms with van der Waals surface area (Å²) in [5, 5.41) is 10.9. The molecule has 0 radical (unpaired) electrons. The van der Waals surface area contributed by atoms with Crippen molar-refractivity contribution in [2.24, 2.45) is 4.99 Å². The number of halogens is 1. The van der Waals surface area contributed by atoms with E-state index in [0.29, 0.717) is 33.5 Å². The number of esters is 2. The maximum atomic E-state index is 12.7. The fourth-order valence-corrected chi connectivity index (χ4v) is 3.91. The number of hydrogen-bond acceptors (Lipinski definition) is 8. The Balaban J connectivity index is 1.63. The molecule has 0 aromatic heterocycles. The van der Waals surface area contributed by atoms with Crippen LogP contribution in [0.2, 0.25) is 0 Å². The van der Waals surface area contributed by atoms with Crippen molar-refractivity contribution in [2.75, 3.05) is 6.61 Å². The van der Waals surface area contributed by atoms with E-state index in [0.717, 1.165) is 5.56 Å². The van der Waals surface area contributed by atoms with Crippen LogP contribution in [0.3, 0.4) is 0 Å². The Morgan fingerprint density at radius 3 is 2.58 bits per heavy atom. The Hall–Kier alpha value is -4.31. The summed E-state index contributed by atoms with van der Waals surface area (Å²) in [5.74, 6) is -0.676. The van der Waals surface area contributed by atoms with E-state index in [4.69, 9.17) is 14.2 Å². The topological polar surface area (TPSA) is 117 Å². The number of benzene rings is 3. The van der Waals surface area contributed by atoms with Crippen molar-refractivity contribution in [3.63, 3.8) is 0 Å². The minimum Gasteiger partial charge on any atom is -0.490 e. The number of carbonyl (C=O) groups excluding carboxylic acids is 2. The van der Waals surface area contributed by atoms with Crippen LogP contribution < -0.4 is 9.47 Å². The highest BCUT2D eigenvalue weighted by Crippen LogP contribution is 2.38. The molecule has 0 atom stereocenters. The third-order valence-electron chi connectivity index (χ3n) is 5.03. The second kappa shape index (κ2) is 10.5. The Labute approximate surface area is 214 Å². The van der Waals surface area contributed by atoms with Crippen LogP contribution in [0.15, 0.2) is 75.8 Å². The Morgan fingerprint density at radius 1 is 1.17 bits per heavy atom. The highest BCUT2D eigenvalue weighted by molar-refractivity contribution is 9.10. The first-order chi connectivity index (χ1) is 17.2. The van der Waals surface area contributed by atoms with Crippen LogP contribution in [0.25, 0.3) is 6.08 Å². The first kappa shape index (κ1) is 24.8. The van der Waals surface area contributed by atoms with Crippen molar-refractivity contribution in [2.45, 2.75) is 13.8 Å². The van der Waals surface area contributed by atoms with Gasteiger partial charge in [0.15, 0.2) is 17.2 Å².